The van der Waals surface area contributed by atoms with Crippen LogP contribution in [0.25, 0.3) is 0 Å². The predicted molar refractivity (Wildman–Crippen MR) is 98.3 cm³/mol. The first-order valence-electron chi connectivity index (χ1n) is 7.79. The van der Waals surface area contributed by atoms with E-state index in [-0.39, 0.29) is 0 Å². The van der Waals surface area contributed by atoms with Crippen molar-refractivity contribution in [1.82, 2.24) is 0 Å². The van der Waals surface area contributed by atoms with Gasteiger partial charge in [0, 0.05) is 0 Å². The van der Waals surface area contributed by atoms with Crippen LogP contribution < -0.4 is 10.6 Å². The van der Waals surface area contributed by atoms with E-state index in [2.05, 4.69) is 68.2 Å². The number of hydrogen-bond donors (Lipinski definition) is 1. The van der Waals surface area contributed by atoms with Gasteiger partial charge in [0.25, 0.3) is 0 Å². The molecule has 2 rings (SSSR count). The Balaban J connectivity index is 2.30. The van der Waals surface area contributed by atoms with E-state index < -0.39 is 13.5 Å². The minimum atomic E-state index is -0.752. The molecule has 1 N–H and O–H groups in total. The minimum Gasteiger partial charge on any atom is -0.386 e. The molecule has 22 heavy (non-hydrogen) atoms. The quantitative estimate of drug-likeness (QED) is 0.782. The molecule has 0 saturated carbocycles. The number of benzene rings is 2. The second kappa shape index (κ2) is 7.72. The van der Waals surface area contributed by atoms with E-state index in [1.54, 1.807) is 0 Å². The molecule has 2 aromatic rings. The van der Waals surface area contributed by atoms with Gasteiger partial charge in [0.05, 0.1) is 5.60 Å². The van der Waals surface area contributed by atoms with Gasteiger partial charge in [0.1, 0.15) is 0 Å². The van der Waals surface area contributed by atoms with Crippen molar-refractivity contribution in [2.75, 3.05) is 0 Å². The lowest BCUT2D eigenvalue weighted by Crippen LogP contribution is -2.23. The van der Waals surface area contributed by atoms with Crippen LogP contribution in [0.15, 0.2) is 72.6 Å². The Morgan fingerprint density at radius 2 is 1.41 bits per heavy atom. The molecule has 0 amide bonds. The molecule has 1 nitrogen and oxygen atoms in total. The Morgan fingerprint density at radius 1 is 0.955 bits per heavy atom. The summed E-state index contributed by atoms with van der Waals surface area (Å²) in [5.74, 6) is 2.67. The van der Waals surface area contributed by atoms with E-state index >= 15 is 0 Å². The summed E-state index contributed by atoms with van der Waals surface area (Å²) in [6.45, 7) is 6.17. The highest BCUT2D eigenvalue weighted by molar-refractivity contribution is 7.75. The fourth-order valence-corrected chi connectivity index (χ4v) is 4.73. The van der Waals surface area contributed by atoms with Crippen LogP contribution in [0.4, 0.5) is 0 Å². The molecule has 0 aliphatic heterocycles. The van der Waals surface area contributed by atoms with Gasteiger partial charge >= 0.3 is 0 Å². The Morgan fingerprint density at radius 3 is 1.82 bits per heavy atom. The van der Waals surface area contributed by atoms with Crippen LogP contribution >= 0.6 is 7.92 Å². The normalized spacial score (nSPS) is 14.6. The summed E-state index contributed by atoms with van der Waals surface area (Å²) in [5.41, 5.74) is -0.752. The van der Waals surface area contributed by atoms with E-state index in [1.165, 1.54) is 10.6 Å². The average molecular weight is 312 g/mol. The zero-order valence-corrected chi connectivity index (χ0v) is 14.5. The van der Waals surface area contributed by atoms with Gasteiger partial charge in [-0.15, -0.1) is 0 Å². The van der Waals surface area contributed by atoms with Gasteiger partial charge < -0.3 is 5.11 Å². The lowest BCUT2D eigenvalue weighted by Gasteiger charge is -2.23. The lowest BCUT2D eigenvalue weighted by atomic mass is 9.95. The van der Waals surface area contributed by atoms with E-state index in [4.69, 9.17) is 0 Å². The van der Waals surface area contributed by atoms with Crippen molar-refractivity contribution in [3.63, 3.8) is 0 Å². The fourth-order valence-electron chi connectivity index (χ4n) is 2.63. The highest BCUT2D eigenvalue weighted by Gasteiger charge is 2.19. The van der Waals surface area contributed by atoms with Crippen molar-refractivity contribution < 1.29 is 5.11 Å². The zero-order chi connectivity index (χ0) is 16.0. The zero-order valence-electron chi connectivity index (χ0n) is 13.6. The summed E-state index contributed by atoms with van der Waals surface area (Å²) in [5, 5.41) is 13.2. The standard InChI is InChI=1S/C20H25OP/c1-17(2)16-20(3,21)14-15-22(18-10-6-4-7-11-18)19-12-8-5-9-13-19/h4-15,17,21H,16H2,1-3H3/b15-14-. The summed E-state index contributed by atoms with van der Waals surface area (Å²) in [7, 11) is -0.581. The summed E-state index contributed by atoms with van der Waals surface area (Å²) in [4.78, 5) is 0. The molecule has 2 aromatic carbocycles. The first-order valence-corrected chi connectivity index (χ1v) is 9.20. The van der Waals surface area contributed by atoms with Gasteiger partial charge in [0.15, 0.2) is 0 Å². The SMILES string of the molecule is CC(C)CC(C)(O)/C=C\P(c1ccccc1)c1ccccc1. The molecule has 116 valence electrons. The van der Waals surface area contributed by atoms with Gasteiger partial charge in [-0.1, -0.05) is 86.4 Å². The van der Waals surface area contributed by atoms with Gasteiger partial charge in [-0.05, 0) is 37.8 Å². The molecule has 1 atom stereocenters. The summed E-state index contributed by atoms with van der Waals surface area (Å²) < 4.78 is 0. The smallest absolute Gasteiger partial charge is 0.0805 e. The van der Waals surface area contributed by atoms with Crippen LogP contribution in [0.3, 0.4) is 0 Å². The second-order valence-electron chi connectivity index (χ2n) is 6.31. The van der Waals surface area contributed by atoms with Gasteiger partial charge in [-0.2, -0.15) is 0 Å². The van der Waals surface area contributed by atoms with Crippen LogP contribution in [0.1, 0.15) is 27.2 Å². The van der Waals surface area contributed by atoms with Crippen molar-refractivity contribution in [3.05, 3.63) is 72.6 Å². The van der Waals surface area contributed by atoms with Gasteiger partial charge in [-0.25, -0.2) is 0 Å². The van der Waals surface area contributed by atoms with Crippen molar-refractivity contribution in [2.24, 2.45) is 5.92 Å². The van der Waals surface area contributed by atoms with Crippen LogP contribution in [-0.2, 0) is 0 Å². The van der Waals surface area contributed by atoms with E-state index in [0.29, 0.717) is 5.92 Å². The minimum absolute atomic E-state index is 0.472. The Labute approximate surface area is 135 Å². The van der Waals surface area contributed by atoms with Crippen LogP contribution in [0.2, 0.25) is 0 Å². The molecule has 0 fully saturated rings. The molecule has 0 aliphatic rings. The molecule has 0 heterocycles. The molecule has 1 unspecified atom stereocenters. The van der Waals surface area contributed by atoms with Crippen LogP contribution in [0.5, 0.6) is 0 Å². The maximum Gasteiger partial charge on any atom is 0.0805 e. The summed E-state index contributed by atoms with van der Waals surface area (Å²) >= 11 is 0. The predicted octanol–water partition coefficient (Wildman–Crippen LogP) is 4.43. The second-order valence-corrected chi connectivity index (χ2v) is 8.38. The van der Waals surface area contributed by atoms with Crippen molar-refractivity contribution in [3.8, 4) is 0 Å². The third kappa shape index (κ3) is 5.09. The monoisotopic (exact) mass is 312 g/mol. The molecule has 0 saturated heterocycles. The largest absolute Gasteiger partial charge is 0.386 e. The maximum atomic E-state index is 10.6. The van der Waals surface area contributed by atoms with E-state index in [9.17, 15) is 5.11 Å². The molecule has 0 bridgehead atoms. The Kier molecular flexibility index (Phi) is 5.94. The number of aliphatic hydroxyl groups is 1. The van der Waals surface area contributed by atoms with Crippen LogP contribution in [0, 0.1) is 5.92 Å². The van der Waals surface area contributed by atoms with E-state index in [0.717, 1.165) is 6.42 Å². The molecule has 0 radical (unpaired) electrons. The third-order valence-corrected chi connectivity index (χ3v) is 5.63. The number of rotatable bonds is 6. The number of hydrogen-bond acceptors (Lipinski definition) is 1. The molecule has 0 spiro atoms. The molecular formula is C20H25OP. The maximum absolute atomic E-state index is 10.6. The molecule has 2 heteroatoms. The Bertz CT molecular complexity index is 548. The molecule has 0 aliphatic carbocycles. The Hall–Kier alpha value is -1.43. The topological polar surface area (TPSA) is 20.2 Å². The lowest BCUT2D eigenvalue weighted by molar-refractivity contribution is 0.0878. The first kappa shape index (κ1) is 16.9. The van der Waals surface area contributed by atoms with Crippen molar-refractivity contribution >= 4 is 18.5 Å². The summed E-state index contributed by atoms with van der Waals surface area (Å²) in [6, 6.07) is 21.1. The van der Waals surface area contributed by atoms with Crippen molar-refractivity contribution in [2.45, 2.75) is 32.8 Å². The molecule has 0 aromatic heterocycles. The van der Waals surface area contributed by atoms with Crippen LogP contribution in [-0.4, -0.2) is 10.7 Å². The van der Waals surface area contributed by atoms with Crippen molar-refractivity contribution in [1.29, 1.82) is 0 Å². The highest BCUT2D eigenvalue weighted by atomic mass is 31.1. The third-order valence-electron chi connectivity index (χ3n) is 3.47. The van der Waals surface area contributed by atoms with E-state index in [1.807, 2.05) is 25.1 Å². The van der Waals surface area contributed by atoms with Gasteiger partial charge in [0.2, 0.25) is 0 Å². The summed E-state index contributed by atoms with van der Waals surface area (Å²) in [6.07, 6.45) is 2.76. The molecular weight excluding hydrogens is 287 g/mol. The average Bonchev–Trinajstić information content (AvgIpc) is 2.48. The highest BCUT2D eigenvalue weighted by Crippen LogP contribution is 2.36. The fraction of sp³-hybridized carbons (Fsp3) is 0.300. The first-order chi connectivity index (χ1) is 10.5. The van der Waals surface area contributed by atoms with Gasteiger partial charge in [-0.3, -0.25) is 0 Å².